The Kier molecular flexibility index (Phi) is 4.83. The summed E-state index contributed by atoms with van der Waals surface area (Å²) >= 11 is 0. The van der Waals surface area contributed by atoms with Crippen LogP contribution >= 0.6 is 0 Å². The highest BCUT2D eigenvalue weighted by Crippen LogP contribution is 2.18. The maximum absolute atomic E-state index is 12.4. The van der Waals surface area contributed by atoms with Gasteiger partial charge in [-0.1, -0.05) is 0 Å². The molecule has 126 valence electrons. The molecule has 1 aliphatic rings. The van der Waals surface area contributed by atoms with Crippen molar-refractivity contribution in [3.63, 3.8) is 0 Å². The van der Waals surface area contributed by atoms with Gasteiger partial charge in [-0.05, 0) is 19.8 Å². The summed E-state index contributed by atoms with van der Waals surface area (Å²) in [6.45, 7) is 3.20. The van der Waals surface area contributed by atoms with E-state index in [2.05, 4.69) is 25.3 Å². The fourth-order valence-corrected chi connectivity index (χ4v) is 2.63. The van der Waals surface area contributed by atoms with Crippen LogP contribution in [0.3, 0.4) is 0 Å². The molecular weight excluding hydrogens is 308 g/mol. The smallest absolute Gasteiger partial charge is 0.274 e. The number of nitrogens with one attached hydrogen (secondary N) is 1. The van der Waals surface area contributed by atoms with Crippen molar-refractivity contribution in [2.75, 3.05) is 25.5 Å². The molecule has 2 aromatic rings. The van der Waals surface area contributed by atoms with Crippen LogP contribution in [0.1, 0.15) is 29.0 Å². The van der Waals surface area contributed by atoms with Crippen LogP contribution in [0.15, 0.2) is 24.8 Å². The summed E-state index contributed by atoms with van der Waals surface area (Å²) in [6, 6.07) is 2.03. The molecule has 1 N–H and O–H groups in total. The first kappa shape index (κ1) is 16.1. The van der Waals surface area contributed by atoms with Crippen LogP contribution in [-0.2, 0) is 0 Å². The second-order valence-electron chi connectivity index (χ2n) is 5.70. The highest BCUT2D eigenvalue weighted by atomic mass is 16.5. The highest BCUT2D eigenvalue weighted by Gasteiger charge is 2.24. The number of amides is 1. The predicted molar refractivity (Wildman–Crippen MR) is 87.9 cm³/mol. The molecule has 0 saturated carbocycles. The fourth-order valence-electron chi connectivity index (χ4n) is 2.63. The number of nitrogens with zero attached hydrogens (tertiary/aromatic N) is 5. The quantitative estimate of drug-likeness (QED) is 0.904. The first-order valence-corrected chi connectivity index (χ1v) is 7.86. The Bertz CT molecular complexity index is 698. The average Bonchev–Trinajstić information content (AvgIpc) is 2.62. The number of aryl methyl sites for hydroxylation is 1. The lowest BCUT2D eigenvalue weighted by Gasteiger charge is -2.32. The molecule has 0 unspecified atom stereocenters. The maximum Gasteiger partial charge on any atom is 0.274 e. The zero-order valence-corrected chi connectivity index (χ0v) is 13.8. The lowest BCUT2D eigenvalue weighted by atomic mass is 10.0. The van der Waals surface area contributed by atoms with Crippen LogP contribution < -0.4 is 10.1 Å². The Balaban J connectivity index is 1.55. The van der Waals surface area contributed by atoms with Crippen molar-refractivity contribution in [3.8, 4) is 5.88 Å². The van der Waals surface area contributed by atoms with Crippen LogP contribution in [0.4, 0.5) is 5.82 Å². The van der Waals surface area contributed by atoms with Crippen LogP contribution in [0, 0.1) is 6.92 Å². The molecule has 8 nitrogen and oxygen atoms in total. The minimum Gasteiger partial charge on any atom is -0.481 e. The number of likely N-dealkylation sites (tertiary alicyclic amines) is 1. The summed E-state index contributed by atoms with van der Waals surface area (Å²) in [5.74, 6) is 1.19. The number of piperidine rings is 1. The lowest BCUT2D eigenvalue weighted by Crippen LogP contribution is -2.42. The number of methoxy groups -OCH3 is 1. The molecule has 3 rings (SSSR count). The molecule has 0 bridgehead atoms. The summed E-state index contributed by atoms with van der Waals surface area (Å²) in [7, 11) is 1.57. The summed E-state index contributed by atoms with van der Waals surface area (Å²) in [4.78, 5) is 30.7. The van der Waals surface area contributed by atoms with Crippen molar-refractivity contribution in [3.05, 3.63) is 36.2 Å². The first-order valence-electron chi connectivity index (χ1n) is 7.86. The van der Waals surface area contributed by atoms with E-state index in [1.807, 2.05) is 11.8 Å². The van der Waals surface area contributed by atoms with Gasteiger partial charge in [-0.3, -0.25) is 9.78 Å². The van der Waals surface area contributed by atoms with Crippen molar-refractivity contribution in [1.82, 2.24) is 24.8 Å². The second kappa shape index (κ2) is 7.20. The van der Waals surface area contributed by atoms with E-state index in [0.29, 0.717) is 24.7 Å². The Morgan fingerprint density at radius 3 is 2.67 bits per heavy atom. The number of rotatable bonds is 4. The molecule has 0 spiro atoms. The third-order valence-corrected chi connectivity index (χ3v) is 3.99. The molecule has 0 aliphatic carbocycles. The van der Waals surface area contributed by atoms with Gasteiger partial charge < -0.3 is 15.0 Å². The highest BCUT2D eigenvalue weighted by molar-refractivity contribution is 5.92. The van der Waals surface area contributed by atoms with Crippen molar-refractivity contribution < 1.29 is 9.53 Å². The lowest BCUT2D eigenvalue weighted by molar-refractivity contribution is 0.0712. The molecule has 0 atom stereocenters. The van der Waals surface area contributed by atoms with Gasteiger partial charge in [0.05, 0.1) is 19.0 Å². The van der Waals surface area contributed by atoms with Crippen molar-refractivity contribution in [2.24, 2.45) is 0 Å². The molecule has 1 aliphatic heterocycles. The van der Waals surface area contributed by atoms with Gasteiger partial charge in [0.1, 0.15) is 17.8 Å². The molecular formula is C16H20N6O2. The predicted octanol–water partition coefficient (Wildman–Crippen LogP) is 1.30. The summed E-state index contributed by atoms with van der Waals surface area (Å²) in [6.07, 6.45) is 6.31. The van der Waals surface area contributed by atoms with E-state index in [1.165, 1.54) is 12.5 Å². The van der Waals surface area contributed by atoms with Crippen molar-refractivity contribution >= 4 is 11.7 Å². The average molecular weight is 328 g/mol. The third-order valence-electron chi connectivity index (χ3n) is 3.99. The van der Waals surface area contributed by atoms with Crippen molar-refractivity contribution in [1.29, 1.82) is 0 Å². The molecule has 8 heteroatoms. The summed E-state index contributed by atoms with van der Waals surface area (Å²) in [5.41, 5.74) is 1.20. The zero-order valence-electron chi connectivity index (χ0n) is 13.8. The van der Waals surface area contributed by atoms with E-state index in [4.69, 9.17) is 4.74 Å². The van der Waals surface area contributed by atoms with E-state index in [-0.39, 0.29) is 11.9 Å². The minimum atomic E-state index is -0.0651. The number of anilines is 1. The molecule has 0 radical (unpaired) electrons. The zero-order chi connectivity index (χ0) is 16.9. The topological polar surface area (TPSA) is 93.1 Å². The summed E-state index contributed by atoms with van der Waals surface area (Å²) < 4.78 is 5.09. The monoisotopic (exact) mass is 328 g/mol. The number of hydrogen-bond donors (Lipinski definition) is 1. The van der Waals surface area contributed by atoms with Gasteiger partial charge >= 0.3 is 0 Å². The molecule has 24 heavy (non-hydrogen) atoms. The second-order valence-corrected chi connectivity index (χ2v) is 5.70. The van der Waals surface area contributed by atoms with E-state index < -0.39 is 0 Å². The van der Waals surface area contributed by atoms with E-state index in [0.717, 1.165) is 24.4 Å². The molecule has 1 fully saturated rings. The number of aromatic nitrogens is 4. The molecule has 1 saturated heterocycles. The largest absolute Gasteiger partial charge is 0.481 e. The number of hydrogen-bond acceptors (Lipinski definition) is 7. The Morgan fingerprint density at radius 2 is 2.00 bits per heavy atom. The van der Waals surface area contributed by atoms with Crippen LogP contribution in [0.25, 0.3) is 0 Å². The van der Waals surface area contributed by atoms with Crippen LogP contribution in [0.2, 0.25) is 0 Å². The fraction of sp³-hybridized carbons (Fsp3) is 0.438. The molecule has 3 heterocycles. The van der Waals surface area contributed by atoms with Gasteiger partial charge in [0.15, 0.2) is 0 Å². The van der Waals surface area contributed by atoms with E-state index >= 15 is 0 Å². The number of ether oxygens (including phenoxy) is 1. The Hall–Kier alpha value is -2.77. The maximum atomic E-state index is 12.4. The van der Waals surface area contributed by atoms with Gasteiger partial charge in [0.2, 0.25) is 5.88 Å². The Labute approximate surface area is 140 Å². The van der Waals surface area contributed by atoms with Crippen LogP contribution in [0.5, 0.6) is 5.88 Å². The Morgan fingerprint density at radius 1 is 1.21 bits per heavy atom. The molecule has 1 amide bonds. The van der Waals surface area contributed by atoms with Gasteiger partial charge in [0.25, 0.3) is 5.91 Å². The van der Waals surface area contributed by atoms with Gasteiger partial charge in [-0.15, -0.1) is 0 Å². The SMILES string of the molecule is COc1cc(NC2CCN(C(=O)c3cnc(C)cn3)CC2)ncn1. The minimum absolute atomic E-state index is 0.0651. The van der Waals surface area contributed by atoms with Gasteiger partial charge in [-0.25, -0.2) is 15.0 Å². The van der Waals surface area contributed by atoms with Crippen molar-refractivity contribution in [2.45, 2.75) is 25.8 Å². The normalized spacial score (nSPS) is 15.2. The number of carbonyl (C=O) groups excluding carboxylic acids is 1. The number of carbonyl (C=O) groups is 1. The summed E-state index contributed by atoms with van der Waals surface area (Å²) in [5, 5.41) is 3.37. The van der Waals surface area contributed by atoms with Crippen LogP contribution in [-0.4, -0.2) is 57.0 Å². The van der Waals surface area contributed by atoms with E-state index in [1.54, 1.807) is 19.4 Å². The third kappa shape index (κ3) is 3.76. The van der Waals surface area contributed by atoms with E-state index in [9.17, 15) is 4.79 Å². The first-order chi connectivity index (χ1) is 11.7. The standard InChI is InChI=1S/C16H20N6O2/c1-11-8-18-13(9-17-11)16(23)22-5-3-12(4-6-22)21-14-7-15(24-2)20-10-19-14/h7-10,12H,3-6H2,1-2H3,(H,19,20,21). The molecule has 0 aromatic carbocycles. The molecule has 2 aromatic heterocycles. The van der Waals surface area contributed by atoms with Gasteiger partial charge in [0, 0.05) is 31.4 Å². The van der Waals surface area contributed by atoms with Gasteiger partial charge in [-0.2, -0.15) is 0 Å².